The maximum absolute atomic E-state index is 2.28. The van der Waals surface area contributed by atoms with E-state index in [1.54, 1.807) is 0 Å². The van der Waals surface area contributed by atoms with Gasteiger partial charge in [-0.3, -0.25) is 0 Å². The quantitative estimate of drug-likeness (QED) is 0.623. The van der Waals surface area contributed by atoms with Crippen molar-refractivity contribution >= 4 is 10.9 Å². The number of hydrogen-bond acceptors (Lipinski definition) is 0. The van der Waals surface area contributed by atoms with Gasteiger partial charge in [-0.1, -0.05) is 26.8 Å². The van der Waals surface area contributed by atoms with Crippen LogP contribution in [0.4, 0.5) is 0 Å². The lowest BCUT2D eigenvalue weighted by atomic mass is 9.85. The molecule has 1 heterocycles. The minimum Gasteiger partial charge on any atom is -0.350 e. The summed E-state index contributed by atoms with van der Waals surface area (Å²) in [6.07, 6.45) is 2.27. The lowest BCUT2D eigenvalue weighted by Gasteiger charge is -2.18. The van der Waals surface area contributed by atoms with E-state index in [-0.39, 0.29) is 5.41 Å². The Hall–Kier alpha value is -1.24. The van der Waals surface area contributed by atoms with Crippen LogP contribution in [-0.2, 0) is 12.5 Å². The van der Waals surface area contributed by atoms with E-state index in [2.05, 4.69) is 64.6 Å². The van der Waals surface area contributed by atoms with Gasteiger partial charge >= 0.3 is 0 Å². The minimum atomic E-state index is 0.208. The Morgan fingerprint density at radius 1 is 1.06 bits per heavy atom. The van der Waals surface area contributed by atoms with Crippen LogP contribution in [0, 0.1) is 13.8 Å². The third-order valence-electron chi connectivity index (χ3n) is 3.24. The molecule has 0 bridgehead atoms. The molecule has 0 amide bonds. The zero-order valence-electron chi connectivity index (χ0n) is 11.2. The number of aryl methyl sites for hydroxylation is 3. The Balaban J connectivity index is 2.89. The minimum absolute atomic E-state index is 0.208. The van der Waals surface area contributed by atoms with Gasteiger partial charge in [-0.15, -0.1) is 0 Å². The number of rotatable bonds is 0. The first-order chi connectivity index (χ1) is 7.30. The molecule has 1 nitrogen and oxygen atoms in total. The second-order valence-corrected chi connectivity index (χ2v) is 5.88. The average Bonchev–Trinajstić information content (AvgIpc) is 2.43. The summed E-state index contributed by atoms with van der Waals surface area (Å²) in [4.78, 5) is 0. The van der Waals surface area contributed by atoms with E-state index in [9.17, 15) is 0 Å². The fourth-order valence-electron chi connectivity index (χ4n) is 2.47. The first kappa shape index (κ1) is 11.3. The second-order valence-electron chi connectivity index (χ2n) is 5.88. The van der Waals surface area contributed by atoms with Crippen LogP contribution in [-0.4, -0.2) is 4.57 Å². The monoisotopic (exact) mass is 215 g/mol. The molecule has 0 aliphatic heterocycles. The highest BCUT2D eigenvalue weighted by Gasteiger charge is 2.20. The molecule has 0 spiro atoms. The van der Waals surface area contributed by atoms with E-state index < -0.39 is 0 Å². The maximum atomic E-state index is 2.28. The van der Waals surface area contributed by atoms with Crippen LogP contribution in [0.5, 0.6) is 0 Å². The largest absolute Gasteiger partial charge is 0.350 e. The first-order valence-electron chi connectivity index (χ1n) is 5.87. The third kappa shape index (κ3) is 1.64. The van der Waals surface area contributed by atoms with Crippen LogP contribution in [0.2, 0.25) is 0 Å². The van der Waals surface area contributed by atoms with Gasteiger partial charge in [-0.2, -0.15) is 0 Å². The Morgan fingerprint density at radius 2 is 1.69 bits per heavy atom. The van der Waals surface area contributed by atoms with E-state index in [0.29, 0.717) is 0 Å². The molecule has 0 unspecified atom stereocenters. The number of benzene rings is 1. The molecule has 2 rings (SSSR count). The van der Waals surface area contributed by atoms with Crippen molar-refractivity contribution in [3.05, 3.63) is 35.0 Å². The van der Waals surface area contributed by atoms with Crippen molar-refractivity contribution in [2.45, 2.75) is 40.0 Å². The van der Waals surface area contributed by atoms with Crippen LogP contribution >= 0.6 is 0 Å². The summed E-state index contributed by atoms with van der Waals surface area (Å²) in [5.41, 5.74) is 5.73. The Kier molecular flexibility index (Phi) is 2.37. The molecule has 0 atom stereocenters. The van der Waals surface area contributed by atoms with Crippen LogP contribution < -0.4 is 0 Å². The van der Waals surface area contributed by atoms with Crippen molar-refractivity contribution in [3.8, 4) is 0 Å². The Bertz CT molecular complexity index is 539. The number of fused-ring (bicyclic) bond motifs is 1. The fourth-order valence-corrected chi connectivity index (χ4v) is 2.47. The van der Waals surface area contributed by atoms with Crippen LogP contribution in [0.25, 0.3) is 10.9 Å². The van der Waals surface area contributed by atoms with Crippen LogP contribution in [0.15, 0.2) is 18.3 Å². The highest BCUT2D eigenvalue weighted by Crippen LogP contribution is 2.33. The van der Waals surface area contributed by atoms with E-state index in [4.69, 9.17) is 0 Å². The van der Waals surface area contributed by atoms with Crippen molar-refractivity contribution < 1.29 is 0 Å². The molecule has 16 heavy (non-hydrogen) atoms. The van der Waals surface area contributed by atoms with Crippen LogP contribution in [0.3, 0.4) is 0 Å². The third-order valence-corrected chi connectivity index (χ3v) is 3.24. The topological polar surface area (TPSA) is 4.93 Å². The highest BCUT2D eigenvalue weighted by atomic mass is 14.9. The average molecular weight is 215 g/mol. The van der Waals surface area contributed by atoms with Crippen molar-refractivity contribution in [1.82, 2.24) is 4.57 Å². The molecule has 0 fully saturated rings. The molecular formula is C15H21N. The molecule has 0 saturated carbocycles. The summed E-state index contributed by atoms with van der Waals surface area (Å²) >= 11 is 0. The molecular weight excluding hydrogens is 194 g/mol. The van der Waals surface area contributed by atoms with Gasteiger partial charge in [0.25, 0.3) is 0 Å². The van der Waals surface area contributed by atoms with E-state index >= 15 is 0 Å². The Morgan fingerprint density at radius 3 is 2.25 bits per heavy atom. The van der Waals surface area contributed by atoms with Crippen molar-refractivity contribution in [3.63, 3.8) is 0 Å². The smallest absolute Gasteiger partial charge is 0.0486 e. The summed E-state index contributed by atoms with van der Waals surface area (Å²) in [5.74, 6) is 0. The molecule has 0 aliphatic rings. The van der Waals surface area contributed by atoms with Gasteiger partial charge in [0.05, 0.1) is 0 Å². The standard InChI is InChI=1S/C15H21N/c1-10-7-11(2)14-12(15(3,4)5)9-16(6)13(14)8-10/h7-9H,1-6H3. The summed E-state index contributed by atoms with van der Waals surface area (Å²) in [5, 5.41) is 1.43. The molecule has 0 N–H and O–H groups in total. The number of hydrogen-bond donors (Lipinski definition) is 0. The van der Waals surface area contributed by atoms with Gasteiger partial charge in [0.15, 0.2) is 0 Å². The maximum Gasteiger partial charge on any atom is 0.0486 e. The molecule has 1 aromatic heterocycles. The fraction of sp³-hybridized carbons (Fsp3) is 0.467. The number of nitrogens with zero attached hydrogens (tertiary/aromatic N) is 1. The second kappa shape index (κ2) is 3.38. The van der Waals surface area contributed by atoms with E-state index in [1.807, 2.05) is 0 Å². The zero-order valence-corrected chi connectivity index (χ0v) is 11.2. The lowest BCUT2D eigenvalue weighted by Crippen LogP contribution is -2.10. The predicted molar refractivity (Wildman–Crippen MR) is 71.1 cm³/mol. The van der Waals surface area contributed by atoms with E-state index in [1.165, 1.54) is 27.6 Å². The van der Waals surface area contributed by atoms with Gasteiger partial charge in [-0.25, -0.2) is 0 Å². The molecule has 1 aromatic carbocycles. The van der Waals surface area contributed by atoms with Crippen molar-refractivity contribution in [1.29, 1.82) is 0 Å². The molecule has 1 heteroatoms. The molecule has 86 valence electrons. The SMILES string of the molecule is Cc1cc(C)c2c(C(C)(C)C)cn(C)c2c1. The van der Waals surface area contributed by atoms with Gasteiger partial charge in [0, 0.05) is 24.1 Å². The normalized spacial score (nSPS) is 12.4. The summed E-state index contributed by atoms with van der Waals surface area (Å²) < 4.78 is 2.25. The summed E-state index contributed by atoms with van der Waals surface area (Å²) in [6.45, 7) is 11.2. The van der Waals surface area contributed by atoms with Gasteiger partial charge in [0.2, 0.25) is 0 Å². The predicted octanol–water partition coefficient (Wildman–Crippen LogP) is 4.09. The number of aromatic nitrogens is 1. The molecule has 0 aliphatic carbocycles. The van der Waals surface area contributed by atoms with Crippen LogP contribution in [0.1, 0.15) is 37.5 Å². The summed E-state index contributed by atoms with van der Waals surface area (Å²) in [6, 6.07) is 4.55. The van der Waals surface area contributed by atoms with Crippen molar-refractivity contribution in [2.75, 3.05) is 0 Å². The van der Waals surface area contributed by atoms with Crippen molar-refractivity contribution in [2.24, 2.45) is 7.05 Å². The first-order valence-corrected chi connectivity index (χ1v) is 5.87. The summed E-state index contributed by atoms with van der Waals surface area (Å²) in [7, 11) is 2.14. The molecule has 0 saturated heterocycles. The van der Waals surface area contributed by atoms with Gasteiger partial charge < -0.3 is 4.57 Å². The zero-order chi connectivity index (χ0) is 12.1. The molecule has 0 radical (unpaired) electrons. The lowest BCUT2D eigenvalue weighted by molar-refractivity contribution is 0.593. The van der Waals surface area contributed by atoms with E-state index in [0.717, 1.165) is 0 Å². The van der Waals surface area contributed by atoms with Gasteiger partial charge in [-0.05, 0) is 42.0 Å². The Labute approximate surface area is 98.1 Å². The molecule has 2 aromatic rings. The van der Waals surface area contributed by atoms with Gasteiger partial charge in [0.1, 0.15) is 0 Å². The highest BCUT2D eigenvalue weighted by molar-refractivity contribution is 5.88.